The van der Waals surface area contributed by atoms with E-state index in [1.54, 1.807) is 24.3 Å². The highest BCUT2D eigenvalue weighted by Crippen LogP contribution is 2.16. The average Bonchev–Trinajstić information content (AvgIpc) is 3.02. The quantitative estimate of drug-likeness (QED) is 0.0638. The fraction of sp³-hybridized carbons (Fsp3) is 0.452. The molecule has 0 spiro atoms. The van der Waals surface area contributed by atoms with Crippen molar-refractivity contribution in [3.8, 4) is 0 Å². The van der Waals surface area contributed by atoms with Gasteiger partial charge in [0.15, 0.2) is 0 Å². The first-order valence-electron chi connectivity index (χ1n) is 14.9. The van der Waals surface area contributed by atoms with Gasteiger partial charge in [-0.25, -0.2) is 9.59 Å². The molecule has 15 heteroatoms. The third-order valence-electron chi connectivity index (χ3n) is 6.47. The number of carboxylic acids is 1. The molecule has 46 heavy (non-hydrogen) atoms. The molecule has 0 aliphatic heterocycles. The highest BCUT2D eigenvalue weighted by atomic mass is 16.6. The molecule has 0 aromatic heterocycles. The number of urea groups is 1. The number of aliphatic carboxylic acids is 1. The molecule has 3 atom stereocenters. The molecule has 0 unspecified atom stereocenters. The number of methoxy groups -OCH3 is 1. The standard InChI is InChI=1S/C29H40N6O7.C2H4O2/c1-3-4-12-23(26(36)32-24(28(38)42-2)13-8-9-18-30)33-29(39)34-25(19-20-10-6-5-7-11-20)27(37)31-21-14-16-22(17-15-21)35(40)41;1-2(3)4/h5-7,10-11,14-17,23-25H,3-4,8-9,12-13,18-19,30H2,1-2H3,(H,31,37)(H,32,36)(H2,33,34,39);1H3,(H,3,4)/t23-,24+,25+;/m1./s1. The topological polar surface area (TPSA) is 232 Å². The zero-order valence-electron chi connectivity index (χ0n) is 26.3. The summed E-state index contributed by atoms with van der Waals surface area (Å²) in [5, 5.41) is 29.0. The van der Waals surface area contributed by atoms with E-state index in [2.05, 4.69) is 21.3 Å². The Hall–Kier alpha value is -5.05. The van der Waals surface area contributed by atoms with Crippen molar-refractivity contribution in [1.29, 1.82) is 0 Å². The first-order chi connectivity index (χ1) is 21.9. The molecule has 7 N–H and O–H groups in total. The van der Waals surface area contributed by atoms with Crippen LogP contribution in [0.25, 0.3) is 0 Å². The lowest BCUT2D eigenvalue weighted by Gasteiger charge is -2.24. The lowest BCUT2D eigenvalue weighted by Crippen LogP contribution is -2.56. The van der Waals surface area contributed by atoms with Crippen molar-refractivity contribution < 1.29 is 38.7 Å². The van der Waals surface area contributed by atoms with Gasteiger partial charge in [-0.05, 0) is 49.9 Å². The predicted molar refractivity (Wildman–Crippen MR) is 171 cm³/mol. The minimum absolute atomic E-state index is 0.128. The van der Waals surface area contributed by atoms with Gasteiger partial charge in [0, 0.05) is 31.2 Å². The zero-order valence-corrected chi connectivity index (χ0v) is 26.3. The number of nitro groups is 1. The van der Waals surface area contributed by atoms with Gasteiger partial charge in [-0.15, -0.1) is 0 Å². The summed E-state index contributed by atoms with van der Waals surface area (Å²) in [5.74, 6) is -2.52. The van der Waals surface area contributed by atoms with Crippen LogP contribution < -0.4 is 27.0 Å². The Balaban J connectivity index is 0.00000249. The Morgan fingerprint density at radius 1 is 0.870 bits per heavy atom. The minimum atomic E-state index is -1.04. The van der Waals surface area contributed by atoms with Crippen LogP contribution in [0.5, 0.6) is 0 Å². The maximum Gasteiger partial charge on any atom is 0.328 e. The summed E-state index contributed by atoms with van der Waals surface area (Å²) in [6, 6.07) is 10.7. The SMILES string of the molecule is CC(=O)O.CCCC[C@@H](NC(=O)N[C@@H](Cc1ccccc1)C(=O)Nc1ccc([N+](=O)[O-])cc1)C(=O)N[C@@H](CCCCN)C(=O)OC. The maximum atomic E-state index is 13.2. The number of benzene rings is 2. The van der Waals surface area contributed by atoms with Gasteiger partial charge in [0.2, 0.25) is 11.8 Å². The highest BCUT2D eigenvalue weighted by Gasteiger charge is 2.28. The number of nitrogens with zero attached hydrogens (tertiary/aromatic N) is 1. The molecule has 0 aliphatic rings. The number of unbranched alkanes of at least 4 members (excludes halogenated alkanes) is 2. The number of nitrogens with one attached hydrogen (secondary N) is 4. The summed E-state index contributed by atoms with van der Waals surface area (Å²) >= 11 is 0. The number of ether oxygens (including phenoxy) is 1. The molecule has 15 nitrogen and oxygen atoms in total. The molecule has 0 aliphatic carbocycles. The van der Waals surface area contributed by atoms with Crippen molar-refractivity contribution in [3.63, 3.8) is 0 Å². The Morgan fingerprint density at radius 2 is 1.46 bits per heavy atom. The summed E-state index contributed by atoms with van der Waals surface area (Å²) in [5.41, 5.74) is 6.51. The molecule has 2 aromatic carbocycles. The van der Waals surface area contributed by atoms with Crippen LogP contribution in [-0.4, -0.2) is 71.6 Å². The number of carboxylic acid groups (broad SMARTS) is 1. The van der Waals surface area contributed by atoms with Crippen LogP contribution in [-0.2, 0) is 30.3 Å². The molecular weight excluding hydrogens is 600 g/mol. The molecule has 2 aromatic rings. The van der Waals surface area contributed by atoms with Gasteiger partial charge in [0.25, 0.3) is 11.7 Å². The average molecular weight is 645 g/mol. The Bertz CT molecular complexity index is 1270. The van der Waals surface area contributed by atoms with Crippen LogP contribution in [0.3, 0.4) is 0 Å². The van der Waals surface area contributed by atoms with Crippen LogP contribution in [0, 0.1) is 10.1 Å². The van der Waals surface area contributed by atoms with Crippen molar-refractivity contribution in [2.75, 3.05) is 19.0 Å². The number of nitro benzene ring substituents is 1. The largest absolute Gasteiger partial charge is 0.481 e. The molecule has 0 fully saturated rings. The summed E-state index contributed by atoms with van der Waals surface area (Å²) < 4.78 is 4.83. The smallest absolute Gasteiger partial charge is 0.328 e. The van der Waals surface area contributed by atoms with Gasteiger partial charge in [-0.2, -0.15) is 0 Å². The fourth-order valence-electron chi connectivity index (χ4n) is 4.15. The van der Waals surface area contributed by atoms with Gasteiger partial charge >= 0.3 is 12.0 Å². The van der Waals surface area contributed by atoms with Crippen LogP contribution in [0.4, 0.5) is 16.2 Å². The van der Waals surface area contributed by atoms with E-state index in [0.717, 1.165) is 18.9 Å². The van der Waals surface area contributed by atoms with E-state index < -0.39 is 52.8 Å². The molecule has 252 valence electrons. The van der Waals surface area contributed by atoms with Crippen molar-refractivity contribution >= 4 is 41.2 Å². The third kappa shape index (κ3) is 15.6. The second-order valence-electron chi connectivity index (χ2n) is 10.2. The predicted octanol–water partition coefficient (Wildman–Crippen LogP) is 2.88. The second kappa shape index (κ2) is 21.6. The molecule has 0 bridgehead atoms. The third-order valence-corrected chi connectivity index (χ3v) is 6.47. The molecule has 0 saturated heterocycles. The lowest BCUT2D eigenvalue weighted by atomic mass is 10.0. The molecular formula is C31H44N6O9. The number of rotatable bonds is 17. The van der Waals surface area contributed by atoms with Gasteiger partial charge < -0.3 is 36.8 Å². The van der Waals surface area contributed by atoms with E-state index in [-0.39, 0.29) is 12.1 Å². The van der Waals surface area contributed by atoms with E-state index in [4.69, 9.17) is 20.4 Å². The van der Waals surface area contributed by atoms with E-state index >= 15 is 0 Å². The van der Waals surface area contributed by atoms with E-state index in [9.17, 15) is 29.3 Å². The van der Waals surface area contributed by atoms with Gasteiger partial charge in [0.05, 0.1) is 12.0 Å². The van der Waals surface area contributed by atoms with Crippen molar-refractivity contribution in [1.82, 2.24) is 16.0 Å². The summed E-state index contributed by atoms with van der Waals surface area (Å²) in [6.07, 6.45) is 3.46. The summed E-state index contributed by atoms with van der Waals surface area (Å²) in [7, 11) is 1.24. The molecule has 4 amide bonds. The van der Waals surface area contributed by atoms with Gasteiger partial charge in [0.1, 0.15) is 18.1 Å². The molecule has 0 heterocycles. The number of esters is 1. The molecule has 2 rings (SSSR count). The Kier molecular flexibility index (Phi) is 18.3. The lowest BCUT2D eigenvalue weighted by molar-refractivity contribution is -0.384. The monoisotopic (exact) mass is 644 g/mol. The van der Waals surface area contributed by atoms with Gasteiger partial charge in [-0.3, -0.25) is 24.5 Å². The number of amides is 4. The first kappa shape index (κ1) is 39.0. The van der Waals surface area contributed by atoms with E-state index in [1.165, 1.54) is 31.4 Å². The van der Waals surface area contributed by atoms with Crippen molar-refractivity contribution in [3.05, 3.63) is 70.3 Å². The van der Waals surface area contributed by atoms with E-state index in [0.29, 0.717) is 44.3 Å². The molecule has 0 saturated carbocycles. The van der Waals surface area contributed by atoms with E-state index in [1.807, 2.05) is 13.0 Å². The number of nitrogens with two attached hydrogens (primary N) is 1. The normalized spacial score (nSPS) is 12.2. The molecule has 0 radical (unpaired) electrons. The summed E-state index contributed by atoms with van der Waals surface area (Å²) in [4.78, 5) is 71.1. The number of hydrogen-bond acceptors (Lipinski definition) is 9. The Labute approximate surface area is 267 Å². The van der Waals surface area contributed by atoms with Crippen LogP contribution in [0.1, 0.15) is 57.9 Å². The summed E-state index contributed by atoms with van der Waals surface area (Å²) in [6.45, 7) is 3.47. The minimum Gasteiger partial charge on any atom is -0.481 e. The number of hydrogen-bond donors (Lipinski definition) is 6. The number of carbonyl (C=O) groups excluding carboxylic acids is 4. The Morgan fingerprint density at radius 3 is 2.00 bits per heavy atom. The highest BCUT2D eigenvalue weighted by molar-refractivity contribution is 5.98. The van der Waals surface area contributed by atoms with Crippen molar-refractivity contribution in [2.45, 2.75) is 76.9 Å². The van der Waals surface area contributed by atoms with Crippen LogP contribution >= 0.6 is 0 Å². The second-order valence-corrected chi connectivity index (χ2v) is 10.2. The number of carbonyl (C=O) groups is 5. The number of anilines is 1. The number of non-ortho nitro benzene ring substituents is 1. The fourth-order valence-corrected chi connectivity index (χ4v) is 4.15. The first-order valence-corrected chi connectivity index (χ1v) is 14.9. The van der Waals surface area contributed by atoms with Crippen molar-refractivity contribution in [2.24, 2.45) is 5.73 Å². The van der Waals surface area contributed by atoms with Gasteiger partial charge in [-0.1, -0.05) is 50.1 Å². The maximum absolute atomic E-state index is 13.2. The van der Waals surface area contributed by atoms with Crippen LogP contribution in [0.2, 0.25) is 0 Å². The zero-order chi connectivity index (χ0) is 34.5. The van der Waals surface area contributed by atoms with Crippen LogP contribution in [0.15, 0.2) is 54.6 Å².